The fourth-order valence-electron chi connectivity index (χ4n) is 4.06. The number of amides is 2. The lowest BCUT2D eigenvalue weighted by Crippen LogP contribution is -2.53. The molecule has 7 nitrogen and oxygen atoms in total. The molecular weight excluding hydrogens is 576 g/mol. The zero-order chi connectivity index (χ0) is 29.4. The van der Waals surface area contributed by atoms with Gasteiger partial charge in [-0.15, -0.1) is 0 Å². The summed E-state index contributed by atoms with van der Waals surface area (Å²) in [6.45, 7) is 4.85. The number of benzene rings is 3. The Hall–Kier alpha value is -3.14. The van der Waals surface area contributed by atoms with Gasteiger partial charge in [0, 0.05) is 17.6 Å². The third-order valence-corrected chi connectivity index (χ3v) is 8.93. The molecule has 1 N–H and O–H groups in total. The number of anilines is 1. The molecule has 0 fully saturated rings. The Bertz CT molecular complexity index is 1440. The van der Waals surface area contributed by atoms with Crippen molar-refractivity contribution in [3.63, 3.8) is 0 Å². The summed E-state index contributed by atoms with van der Waals surface area (Å²) in [7, 11) is -4.29. The van der Waals surface area contributed by atoms with Crippen molar-refractivity contribution in [2.75, 3.05) is 10.8 Å². The molecule has 0 bridgehead atoms. The minimum absolute atomic E-state index is 0.00148. The number of rotatable bonds is 12. The predicted octanol–water partition coefficient (Wildman–Crippen LogP) is 6.05. The number of nitrogens with zero attached hydrogens (tertiary/aromatic N) is 2. The van der Waals surface area contributed by atoms with E-state index in [1.807, 2.05) is 13.8 Å². The molecule has 0 aliphatic carbocycles. The molecule has 0 heterocycles. The number of carbonyl (C=O) groups excluding carboxylic acids is 2. The van der Waals surface area contributed by atoms with Gasteiger partial charge in [-0.2, -0.15) is 0 Å². The first-order chi connectivity index (χ1) is 19.0. The van der Waals surface area contributed by atoms with Crippen LogP contribution in [0.15, 0.2) is 77.7 Å². The van der Waals surface area contributed by atoms with Crippen molar-refractivity contribution < 1.29 is 22.4 Å². The zero-order valence-electron chi connectivity index (χ0n) is 22.5. The van der Waals surface area contributed by atoms with Crippen LogP contribution in [0.1, 0.15) is 39.2 Å². The highest BCUT2D eigenvalue weighted by molar-refractivity contribution is 7.92. The molecule has 214 valence electrons. The lowest BCUT2D eigenvalue weighted by Gasteiger charge is -2.34. The summed E-state index contributed by atoms with van der Waals surface area (Å²) < 4.78 is 42.4. The molecule has 0 spiro atoms. The molecule has 0 saturated carbocycles. The van der Waals surface area contributed by atoms with Crippen molar-refractivity contribution in [1.82, 2.24) is 10.2 Å². The Kier molecular flexibility index (Phi) is 11.0. The van der Waals surface area contributed by atoms with E-state index in [0.29, 0.717) is 17.0 Å². The van der Waals surface area contributed by atoms with Crippen LogP contribution in [-0.4, -0.2) is 43.8 Å². The molecule has 0 aromatic heterocycles. The average Bonchev–Trinajstić information content (AvgIpc) is 2.94. The molecule has 3 aromatic carbocycles. The zero-order valence-corrected chi connectivity index (χ0v) is 24.8. The van der Waals surface area contributed by atoms with Gasteiger partial charge in [0.1, 0.15) is 18.4 Å². The first-order valence-electron chi connectivity index (χ1n) is 12.9. The van der Waals surface area contributed by atoms with Gasteiger partial charge in [-0.25, -0.2) is 12.8 Å². The predicted molar refractivity (Wildman–Crippen MR) is 156 cm³/mol. The minimum atomic E-state index is -4.29. The van der Waals surface area contributed by atoms with Gasteiger partial charge in [0.25, 0.3) is 10.0 Å². The third kappa shape index (κ3) is 7.53. The fraction of sp³-hybridized carbons (Fsp3) is 0.310. The highest BCUT2D eigenvalue weighted by Crippen LogP contribution is 2.29. The Labute approximate surface area is 244 Å². The van der Waals surface area contributed by atoms with Crippen molar-refractivity contribution >= 4 is 50.7 Å². The monoisotopic (exact) mass is 607 g/mol. The van der Waals surface area contributed by atoms with Crippen LogP contribution in [-0.2, 0) is 26.2 Å². The van der Waals surface area contributed by atoms with Crippen LogP contribution in [0.4, 0.5) is 10.1 Å². The van der Waals surface area contributed by atoms with E-state index in [1.165, 1.54) is 23.1 Å². The molecule has 3 rings (SSSR count). The molecule has 0 saturated heterocycles. The Balaban J connectivity index is 2.08. The van der Waals surface area contributed by atoms with Gasteiger partial charge in [-0.05, 0) is 61.7 Å². The van der Waals surface area contributed by atoms with Gasteiger partial charge in [0.15, 0.2) is 0 Å². The maximum Gasteiger partial charge on any atom is 0.264 e. The SMILES string of the molecule is CC[C@@H](C)NC(=O)[C@@H](CC)N(Cc1ccccc1Cl)C(=O)CN(c1ccc(F)c(Cl)c1)S(=O)(=O)c1ccccc1. The van der Waals surface area contributed by atoms with Gasteiger partial charge < -0.3 is 10.2 Å². The van der Waals surface area contributed by atoms with Crippen LogP contribution in [0.25, 0.3) is 0 Å². The molecule has 40 heavy (non-hydrogen) atoms. The first kappa shape index (κ1) is 31.4. The normalized spacial score (nSPS) is 12.8. The average molecular weight is 609 g/mol. The second kappa shape index (κ2) is 14.0. The number of nitrogens with one attached hydrogen (secondary N) is 1. The summed E-state index contributed by atoms with van der Waals surface area (Å²) in [5, 5.41) is 3.01. The van der Waals surface area contributed by atoms with E-state index < -0.39 is 34.3 Å². The van der Waals surface area contributed by atoms with Gasteiger partial charge in [-0.3, -0.25) is 13.9 Å². The van der Waals surface area contributed by atoms with Crippen molar-refractivity contribution in [2.24, 2.45) is 0 Å². The summed E-state index contributed by atoms with van der Waals surface area (Å²) in [5.41, 5.74) is 0.591. The highest BCUT2D eigenvalue weighted by Gasteiger charge is 2.34. The van der Waals surface area contributed by atoms with Crippen LogP contribution in [0.3, 0.4) is 0 Å². The quantitative estimate of drug-likeness (QED) is 0.271. The minimum Gasteiger partial charge on any atom is -0.352 e. The van der Waals surface area contributed by atoms with Crippen LogP contribution in [0.2, 0.25) is 10.0 Å². The Morgan fingerprint density at radius 3 is 2.17 bits per heavy atom. The maximum absolute atomic E-state index is 14.0. The second-order valence-electron chi connectivity index (χ2n) is 9.28. The van der Waals surface area contributed by atoms with Crippen LogP contribution < -0.4 is 9.62 Å². The summed E-state index contributed by atoms with van der Waals surface area (Å²) in [6, 6.07) is 16.9. The molecule has 0 radical (unpaired) electrons. The Morgan fingerprint density at radius 2 is 1.57 bits per heavy atom. The molecule has 0 aliphatic heterocycles. The number of sulfonamides is 1. The molecule has 0 aliphatic rings. The van der Waals surface area contributed by atoms with E-state index in [9.17, 15) is 22.4 Å². The van der Waals surface area contributed by atoms with Crippen molar-refractivity contribution in [3.05, 3.63) is 94.2 Å². The topological polar surface area (TPSA) is 86.8 Å². The van der Waals surface area contributed by atoms with Crippen LogP contribution in [0, 0.1) is 5.82 Å². The first-order valence-corrected chi connectivity index (χ1v) is 15.0. The van der Waals surface area contributed by atoms with Gasteiger partial charge in [0.2, 0.25) is 11.8 Å². The second-order valence-corrected chi connectivity index (χ2v) is 12.0. The Morgan fingerprint density at radius 1 is 0.925 bits per heavy atom. The summed E-state index contributed by atoms with van der Waals surface area (Å²) in [4.78, 5) is 28.6. The van der Waals surface area contributed by atoms with E-state index in [1.54, 1.807) is 49.4 Å². The van der Waals surface area contributed by atoms with Gasteiger partial charge >= 0.3 is 0 Å². The standard InChI is InChI=1S/C29H32Cl2FN3O4S/c1-4-20(3)33-29(37)27(5-2)34(18-21-11-9-10-14-24(21)30)28(36)19-35(22-15-16-26(32)25(31)17-22)40(38,39)23-12-7-6-8-13-23/h6-17,20,27H,4-5,18-19H2,1-3H3,(H,33,37)/t20-,27-/m1/s1. The highest BCUT2D eigenvalue weighted by atomic mass is 35.5. The molecular formula is C29H32Cl2FN3O4S. The summed E-state index contributed by atoms with van der Waals surface area (Å²) >= 11 is 12.4. The van der Waals surface area contributed by atoms with E-state index in [2.05, 4.69) is 5.32 Å². The van der Waals surface area contributed by atoms with E-state index in [0.717, 1.165) is 16.4 Å². The summed E-state index contributed by atoms with van der Waals surface area (Å²) in [5.74, 6) is -1.74. The molecule has 3 aromatic rings. The number of carbonyl (C=O) groups is 2. The molecule has 11 heteroatoms. The number of halogens is 3. The van der Waals surface area contributed by atoms with Crippen LogP contribution in [0.5, 0.6) is 0 Å². The van der Waals surface area contributed by atoms with Crippen molar-refractivity contribution in [3.8, 4) is 0 Å². The molecule has 2 atom stereocenters. The van der Waals surface area contributed by atoms with Gasteiger partial charge in [0.05, 0.1) is 15.6 Å². The maximum atomic E-state index is 14.0. The number of hydrogen-bond donors (Lipinski definition) is 1. The lowest BCUT2D eigenvalue weighted by atomic mass is 10.1. The van der Waals surface area contributed by atoms with Crippen molar-refractivity contribution in [2.45, 2.75) is 57.1 Å². The van der Waals surface area contributed by atoms with E-state index in [-0.39, 0.29) is 40.5 Å². The van der Waals surface area contributed by atoms with Gasteiger partial charge in [-0.1, -0.05) is 73.4 Å². The largest absolute Gasteiger partial charge is 0.352 e. The molecule has 2 amide bonds. The summed E-state index contributed by atoms with van der Waals surface area (Å²) in [6.07, 6.45) is 0.960. The van der Waals surface area contributed by atoms with E-state index >= 15 is 0 Å². The van der Waals surface area contributed by atoms with Crippen LogP contribution >= 0.6 is 23.2 Å². The molecule has 0 unspecified atom stereocenters. The third-order valence-electron chi connectivity index (χ3n) is 6.49. The smallest absolute Gasteiger partial charge is 0.264 e. The number of hydrogen-bond acceptors (Lipinski definition) is 4. The van der Waals surface area contributed by atoms with Crippen molar-refractivity contribution in [1.29, 1.82) is 0 Å². The lowest BCUT2D eigenvalue weighted by molar-refractivity contribution is -0.140. The van der Waals surface area contributed by atoms with E-state index in [4.69, 9.17) is 23.2 Å². The fourth-order valence-corrected chi connectivity index (χ4v) is 5.86.